The van der Waals surface area contributed by atoms with Crippen LogP contribution in [-0.2, 0) is 9.24 Å². The molecular formula is C35H29IK3N4O10P. The standard InChI is InChI=1S/C17H12N2O3.C10H6N2O2.C7H7IO.CH4.3K.HO4P/c1-20-13-4-2-12(3-5-13)19-9-11(8-18)14-6-16-17(7-15(14)19)22-10-21-16;11-3-6-4-12-8-2-10-9(1-7(6)8)13-5-14-10;1-9-7-4-2-6(8)3-5-7;;;;;1-4-5(2)3/h2-7,9H,10H2,1H3;1-2,4,12H,5H2;2-5H,1H3;1H4;;;;1H/q;;;;;;+1;/p-1. The Bertz CT molecular complexity index is 2220. The number of ether oxygens (including phenoxy) is 6. The van der Waals surface area contributed by atoms with Crippen molar-refractivity contribution in [3.8, 4) is 52.3 Å². The number of nitrogens with zero attached hydrogens (tertiary/aromatic N) is 3. The Hall–Kier alpha value is -0.641. The molecule has 0 fully saturated rings. The Balaban J connectivity index is 0.000000272. The molecule has 0 spiro atoms. The Morgan fingerprint density at radius 1 is 0.815 bits per heavy atom. The predicted octanol–water partition coefficient (Wildman–Crippen LogP) is 2.48. The summed E-state index contributed by atoms with van der Waals surface area (Å²) in [5.41, 5.74) is 3.98. The fourth-order valence-electron chi connectivity index (χ4n) is 4.84. The van der Waals surface area contributed by atoms with Gasteiger partial charge in [0, 0.05) is 44.6 Å². The van der Waals surface area contributed by atoms with Gasteiger partial charge in [-0.3, -0.25) is 0 Å². The van der Waals surface area contributed by atoms with Gasteiger partial charge in [-0.2, -0.15) is 10.5 Å². The number of halogens is 1. The van der Waals surface area contributed by atoms with Gasteiger partial charge in [-0.15, -0.1) is 0 Å². The molecule has 1 unspecified atom stereocenters. The second-order valence-corrected chi connectivity index (χ2v) is 11.8. The molecule has 1 N–H and O–H groups in total. The third-order valence-corrected chi connectivity index (χ3v) is 8.02. The van der Waals surface area contributed by atoms with E-state index in [0.29, 0.717) is 28.4 Å². The molecule has 4 heterocycles. The Morgan fingerprint density at radius 3 is 1.76 bits per heavy atom. The SMILES string of the molecule is C.COc1ccc(-n2cc(C#N)c3cc4c(cc32)OCO4)cc1.COc1ccc(I)cc1.N#Cc1c[nH]c2cc3c(cc12)OCO3.O=[P+]([O-])O[O-].[K+].[K][K]. The fourth-order valence-corrected chi connectivity index (χ4v) is 5.19. The van der Waals surface area contributed by atoms with Gasteiger partial charge in [0.1, 0.15) is 23.6 Å². The number of aromatic amines is 1. The third kappa shape index (κ3) is 13.5. The van der Waals surface area contributed by atoms with E-state index in [1.165, 1.54) is 66.7 Å². The third-order valence-electron chi connectivity index (χ3n) is 7.18. The first-order valence-corrected chi connectivity index (χ1v) is 33.5. The summed E-state index contributed by atoms with van der Waals surface area (Å²) >= 11 is 4.76. The van der Waals surface area contributed by atoms with Gasteiger partial charge >= 0.3 is 123 Å². The molecule has 14 nitrogen and oxygen atoms in total. The van der Waals surface area contributed by atoms with Crippen molar-refractivity contribution in [1.29, 1.82) is 10.5 Å². The number of nitriles is 2. The van der Waals surface area contributed by atoms with Gasteiger partial charge in [-0.25, -0.2) is 4.67 Å². The van der Waals surface area contributed by atoms with E-state index in [1.54, 1.807) is 20.4 Å². The van der Waals surface area contributed by atoms with Crippen molar-refractivity contribution < 1.29 is 99.2 Å². The molecule has 54 heavy (non-hydrogen) atoms. The van der Waals surface area contributed by atoms with Gasteiger partial charge in [-0.1, -0.05) is 7.43 Å². The van der Waals surface area contributed by atoms with Gasteiger partial charge in [0.05, 0.1) is 36.4 Å². The fraction of sp³-hybridized carbons (Fsp3) is 0.143. The van der Waals surface area contributed by atoms with Crippen molar-refractivity contribution in [2.45, 2.75) is 7.43 Å². The van der Waals surface area contributed by atoms with E-state index >= 15 is 0 Å². The summed E-state index contributed by atoms with van der Waals surface area (Å²) in [6.45, 7) is 0.468. The summed E-state index contributed by atoms with van der Waals surface area (Å²) in [7, 11) is 0.148. The zero-order valence-electron chi connectivity index (χ0n) is 29.2. The molecule has 0 radical (unpaired) electrons. The van der Waals surface area contributed by atoms with Crippen LogP contribution in [0.25, 0.3) is 27.5 Å². The molecule has 1 atom stereocenters. The number of aromatic nitrogens is 2. The van der Waals surface area contributed by atoms with Crippen LogP contribution in [0.2, 0.25) is 0 Å². The summed E-state index contributed by atoms with van der Waals surface area (Å²) in [5.74, 6) is 4.51. The summed E-state index contributed by atoms with van der Waals surface area (Å²) in [4.78, 5) is 11.9. The van der Waals surface area contributed by atoms with Gasteiger partial charge in [0.2, 0.25) is 13.6 Å². The van der Waals surface area contributed by atoms with Gasteiger partial charge in [0.25, 0.3) is 0 Å². The maximum atomic E-state index is 9.37. The monoisotopic (exact) mass is 940 g/mol. The van der Waals surface area contributed by atoms with Crippen molar-refractivity contribution in [1.82, 2.24) is 9.55 Å². The van der Waals surface area contributed by atoms with Crippen LogP contribution in [0.15, 0.2) is 85.2 Å². The first-order chi connectivity index (χ1) is 25.3. The summed E-state index contributed by atoms with van der Waals surface area (Å²) in [6, 6.07) is 27.4. The van der Waals surface area contributed by atoms with Crippen molar-refractivity contribution >= 4 is 116 Å². The molecule has 2 aliphatic rings. The maximum absolute atomic E-state index is 9.37. The molecule has 0 saturated carbocycles. The molecular weight excluding hydrogens is 912 g/mol. The first kappa shape index (κ1) is 49.5. The molecule has 0 bridgehead atoms. The van der Waals surface area contributed by atoms with Crippen LogP contribution in [0.5, 0.6) is 34.5 Å². The number of H-pyrrole nitrogens is 1. The van der Waals surface area contributed by atoms with Crippen LogP contribution in [0.3, 0.4) is 0 Å². The second kappa shape index (κ2) is 25.7. The van der Waals surface area contributed by atoms with Crippen molar-refractivity contribution in [2.24, 2.45) is 0 Å². The first-order valence-electron chi connectivity index (χ1n) is 15.3. The van der Waals surface area contributed by atoms with Crippen molar-refractivity contribution in [3.63, 3.8) is 0 Å². The molecule has 264 valence electrons. The topological polar surface area (TPSA) is 196 Å². The Morgan fingerprint density at radius 2 is 1.28 bits per heavy atom. The van der Waals surface area contributed by atoms with Crippen LogP contribution in [0.4, 0.5) is 0 Å². The molecule has 0 saturated heterocycles. The van der Waals surface area contributed by atoms with Crippen LogP contribution in [0.1, 0.15) is 18.6 Å². The van der Waals surface area contributed by atoms with Gasteiger partial charge in [0.15, 0.2) is 23.0 Å². The van der Waals surface area contributed by atoms with E-state index in [9.17, 15) is 5.26 Å². The van der Waals surface area contributed by atoms with E-state index in [0.717, 1.165) is 44.7 Å². The average Bonchev–Trinajstić information content (AvgIpc) is 4.00. The van der Waals surface area contributed by atoms with Crippen LogP contribution >= 0.6 is 30.8 Å². The van der Waals surface area contributed by atoms with Crippen LogP contribution < -0.4 is 90.0 Å². The average molecular weight is 941 g/mol. The van der Waals surface area contributed by atoms with Gasteiger partial charge < -0.3 is 48.1 Å². The number of rotatable bonds is 4. The molecule has 2 aliphatic heterocycles. The van der Waals surface area contributed by atoms with Crippen molar-refractivity contribution in [3.05, 3.63) is 99.9 Å². The molecule has 2 aromatic heterocycles. The zero-order chi connectivity index (χ0) is 37.6. The number of fused-ring (bicyclic) bond motifs is 4. The van der Waals surface area contributed by atoms with E-state index < -0.39 is 8.25 Å². The quantitative estimate of drug-likeness (QED) is 0.0894. The van der Waals surface area contributed by atoms with Crippen LogP contribution in [0, 0.1) is 26.2 Å². The van der Waals surface area contributed by atoms with E-state index in [2.05, 4.69) is 44.4 Å². The van der Waals surface area contributed by atoms with E-state index in [1.807, 2.05) is 83.6 Å². The molecule has 4 aromatic carbocycles. The van der Waals surface area contributed by atoms with Crippen molar-refractivity contribution in [2.75, 3.05) is 27.8 Å². The van der Waals surface area contributed by atoms with E-state index in [-0.39, 0.29) is 72.4 Å². The summed E-state index contributed by atoms with van der Waals surface area (Å²) < 4.78 is 46.0. The Labute approximate surface area is 414 Å². The van der Waals surface area contributed by atoms with Crippen LogP contribution in [-0.4, -0.2) is 101 Å². The number of hydrogen-bond acceptors (Lipinski definition) is 12. The number of hydrogen-bond donors (Lipinski definition) is 1. The molecule has 19 heteroatoms. The minimum atomic E-state index is -3.15. The zero-order valence-corrected chi connectivity index (χ0v) is 41.7. The predicted molar refractivity (Wildman–Crippen MR) is 202 cm³/mol. The molecule has 6 aromatic rings. The minimum absolute atomic E-state index is 0. The summed E-state index contributed by atoms with van der Waals surface area (Å²) in [5, 5.41) is 28.5. The molecule has 0 aliphatic carbocycles. The number of benzene rings is 4. The molecule has 0 amide bonds. The Kier molecular flexibility index (Phi) is 23.5. The van der Waals surface area contributed by atoms with Gasteiger partial charge in [-0.05, 0) is 87.8 Å². The van der Waals surface area contributed by atoms with E-state index in [4.69, 9.17) is 48.4 Å². The second-order valence-electron chi connectivity index (χ2n) is 9.97. The number of methoxy groups -OCH3 is 2. The summed E-state index contributed by atoms with van der Waals surface area (Å²) in [6.07, 6.45) is 3.50. The number of nitrogens with one attached hydrogen (secondary N) is 1. The normalized spacial score (nSPS) is 11.1. The molecule has 8 rings (SSSR count).